The highest BCUT2D eigenvalue weighted by atomic mass is 35.5. The summed E-state index contributed by atoms with van der Waals surface area (Å²) in [5.74, 6) is -1.73. The molecular weight excluding hydrogens is 1220 g/mol. The van der Waals surface area contributed by atoms with E-state index in [0.29, 0.717) is 118 Å². The van der Waals surface area contributed by atoms with E-state index in [1.807, 2.05) is 16.4 Å². The maximum absolute atomic E-state index is 16.5. The summed E-state index contributed by atoms with van der Waals surface area (Å²) in [4.78, 5) is 49.4. The van der Waals surface area contributed by atoms with Crippen LogP contribution in [-0.2, 0) is 82.5 Å². The maximum atomic E-state index is 16.5. The van der Waals surface area contributed by atoms with E-state index in [2.05, 4.69) is 103 Å². The Labute approximate surface area is 545 Å². The normalized spacial score (nSPS) is 27.3. The van der Waals surface area contributed by atoms with Gasteiger partial charge < -0.3 is 29.1 Å². The lowest BCUT2D eigenvalue weighted by molar-refractivity contribution is 0.0163. The first-order valence-electron chi connectivity index (χ1n) is 33.0. The van der Waals surface area contributed by atoms with Gasteiger partial charge in [-0.25, -0.2) is 13.2 Å². The minimum absolute atomic E-state index is 0.0784. The minimum atomic E-state index is -2.98. The summed E-state index contributed by atoms with van der Waals surface area (Å²) >= 11 is 14.1. The van der Waals surface area contributed by atoms with Gasteiger partial charge in [-0.1, -0.05) is 71.7 Å². The fourth-order valence-corrected chi connectivity index (χ4v) is 18.2. The van der Waals surface area contributed by atoms with Gasteiger partial charge in [0.15, 0.2) is 5.69 Å². The number of anilines is 2. The topological polar surface area (TPSA) is 169 Å². The van der Waals surface area contributed by atoms with E-state index in [1.165, 1.54) is 27.2 Å². The van der Waals surface area contributed by atoms with E-state index < -0.39 is 28.6 Å². The average molecular weight is 1300 g/mol. The van der Waals surface area contributed by atoms with Crippen LogP contribution < -0.4 is 19.3 Å². The quantitative estimate of drug-likeness (QED) is 0.101. The van der Waals surface area contributed by atoms with E-state index in [1.54, 1.807) is 14.1 Å². The number of carbonyl (C=O) groups is 1. The molecule has 15 rings (SSSR count). The number of nitriles is 1. The van der Waals surface area contributed by atoms with Crippen LogP contribution in [0.5, 0.6) is 12.0 Å². The molecule has 3 aliphatic carbocycles. The molecule has 0 bridgehead atoms. The molecule has 92 heavy (non-hydrogen) atoms. The molecule has 6 aromatic rings. The molecular formula is C68H81Cl2F3N16O3. The van der Waals surface area contributed by atoms with Gasteiger partial charge >= 0.3 is 12.0 Å². The summed E-state index contributed by atoms with van der Waals surface area (Å²) in [5.41, 5.74) is 8.39. The number of aromatic nitrogens is 8. The second-order valence-electron chi connectivity index (χ2n) is 28.4. The van der Waals surface area contributed by atoms with Crippen LogP contribution in [0.3, 0.4) is 0 Å². The highest BCUT2D eigenvalue weighted by molar-refractivity contribution is 6.34. The van der Waals surface area contributed by atoms with Crippen molar-refractivity contribution in [1.82, 2.24) is 64.0 Å². The van der Waals surface area contributed by atoms with Crippen LogP contribution in [0.2, 0.25) is 10.0 Å². The van der Waals surface area contributed by atoms with Crippen LogP contribution in [0.15, 0.2) is 48.5 Å². The Balaban J connectivity index is 0.712. The molecule has 6 aliphatic heterocycles. The predicted octanol–water partition coefficient (Wildman–Crippen LogP) is 9.21. The Morgan fingerprint density at radius 2 is 1.34 bits per heavy atom. The maximum Gasteiger partial charge on any atom is 0.318 e. The highest BCUT2D eigenvalue weighted by Crippen LogP contribution is 2.61. The van der Waals surface area contributed by atoms with Crippen molar-refractivity contribution in [3.63, 3.8) is 0 Å². The van der Waals surface area contributed by atoms with E-state index in [4.69, 9.17) is 57.7 Å². The molecule has 1 amide bonds. The Hall–Kier alpha value is -6.61. The molecule has 1 saturated carbocycles. The molecule has 2 saturated heterocycles. The molecule has 3 fully saturated rings. The molecule has 486 valence electrons. The van der Waals surface area contributed by atoms with Gasteiger partial charge in [0.2, 0.25) is 0 Å². The molecule has 6 atom stereocenters. The fourth-order valence-electron chi connectivity index (χ4n) is 17.7. The summed E-state index contributed by atoms with van der Waals surface area (Å²) in [6, 6.07) is 19.9. The van der Waals surface area contributed by atoms with Crippen molar-refractivity contribution in [2.24, 2.45) is 11.3 Å². The zero-order chi connectivity index (χ0) is 63.6. The number of alkyl halides is 3. The SMILES string of the molecule is CN(CC1Cc2ccccc2[C@@]2(Cc3nc(OC[C@@]45CCCN4C[C@H](F)C5)nc(N4CCCn5nc(CC#N)c(Cl)c5C4)c3CN2C)C1)CC1(COc2nc3c(c(N4CCCn5nc(C(=O)N(C)C)c(Cl)c5C4)n2)CN(C)[C@@]2(CCCc4ccccc42)C3)CC1(F)F. The number of aryl methyl sites for hydroxylation is 3. The first-order valence-corrected chi connectivity index (χ1v) is 33.7. The molecule has 2 unspecified atom stereocenters. The van der Waals surface area contributed by atoms with Gasteiger partial charge in [-0.2, -0.15) is 35.4 Å². The lowest BCUT2D eigenvalue weighted by Gasteiger charge is -2.51. The third kappa shape index (κ3) is 10.5. The molecule has 9 aliphatic rings. The number of nitrogens with zero attached hydrogens (tertiary/aromatic N) is 16. The van der Waals surface area contributed by atoms with Crippen LogP contribution in [0, 0.1) is 22.7 Å². The van der Waals surface area contributed by atoms with Crippen molar-refractivity contribution < 1.29 is 27.4 Å². The van der Waals surface area contributed by atoms with E-state index >= 15 is 13.2 Å². The molecule has 24 heteroatoms. The Morgan fingerprint density at radius 3 is 2.00 bits per heavy atom. The third-order valence-electron chi connectivity index (χ3n) is 22.3. The lowest BCUT2D eigenvalue weighted by atomic mass is 9.67. The van der Waals surface area contributed by atoms with Gasteiger partial charge in [-0.15, -0.1) is 0 Å². The summed E-state index contributed by atoms with van der Waals surface area (Å²) in [6.45, 7) is 6.28. The number of benzene rings is 2. The van der Waals surface area contributed by atoms with Crippen molar-refractivity contribution in [2.45, 2.75) is 158 Å². The first kappa shape index (κ1) is 61.6. The number of halogens is 5. The molecule has 10 heterocycles. The summed E-state index contributed by atoms with van der Waals surface area (Å²) < 4.78 is 65.2. The summed E-state index contributed by atoms with van der Waals surface area (Å²) in [5, 5.41) is 19.9. The Kier molecular flexibility index (Phi) is 15.7. The fraction of sp³-hybridized carbons (Fsp3) is 0.588. The molecule has 0 N–H and O–H groups in total. The number of likely N-dealkylation sites (N-methyl/N-ethyl adjacent to an activating group) is 2. The smallest absolute Gasteiger partial charge is 0.318 e. The predicted molar refractivity (Wildman–Crippen MR) is 342 cm³/mol. The van der Waals surface area contributed by atoms with Gasteiger partial charge in [0.05, 0.1) is 86.1 Å². The first-order chi connectivity index (χ1) is 44.3. The number of hydrogen-bond acceptors (Lipinski definition) is 16. The van der Waals surface area contributed by atoms with Crippen LogP contribution in [-0.4, -0.2) is 175 Å². The van der Waals surface area contributed by atoms with E-state index in [0.717, 1.165) is 91.9 Å². The van der Waals surface area contributed by atoms with Gasteiger partial charge in [0, 0.05) is 110 Å². The third-order valence-corrected chi connectivity index (χ3v) is 23.2. The molecule has 2 aromatic carbocycles. The van der Waals surface area contributed by atoms with Gasteiger partial charge in [-0.3, -0.25) is 28.9 Å². The molecule has 0 radical (unpaired) electrons. The summed E-state index contributed by atoms with van der Waals surface area (Å²) in [7, 11) is 9.70. The van der Waals surface area contributed by atoms with Gasteiger partial charge in [-0.05, 0) is 114 Å². The standard InChI is InChI=1S/C68H81Cl2F3N16O3/c1-81(2)61(90)58-57(70)55-38-86(24-13-27-89(55)80-58)59-47-35-83(4)66(21-10-16-44-14-6-8-17-49(44)66)31-52(47)75-62(77-59)91-41-64(39-68(64,72)73)40-82(3)33-43-28-45-15-7-9-18-50(45)67(29-43)32-53-48(36-84(67)5)60(85-23-12-26-88-54(37-85)56(69)51(79-88)19-22-74)78-63(76-53)92-42-65-20-11-25-87(65)34-46(71)30-65/h6-9,14-15,17-18,43,46H,10-13,16,19-21,23-42H2,1-5H3/t43?,46-,64?,65+,66+,67+/m1/s1. The van der Waals surface area contributed by atoms with Gasteiger partial charge in [0.25, 0.3) is 11.8 Å². The van der Waals surface area contributed by atoms with Crippen molar-refractivity contribution >= 4 is 40.7 Å². The zero-order valence-corrected chi connectivity index (χ0v) is 54.9. The van der Waals surface area contributed by atoms with E-state index in [-0.39, 0.29) is 67.7 Å². The molecule has 19 nitrogen and oxygen atoms in total. The number of amides is 1. The van der Waals surface area contributed by atoms with Crippen molar-refractivity contribution in [2.75, 3.05) is 97.5 Å². The molecule has 4 aromatic heterocycles. The van der Waals surface area contributed by atoms with Crippen LogP contribution in [0.1, 0.15) is 130 Å². The number of fused-ring (bicyclic) bond motifs is 9. The van der Waals surface area contributed by atoms with E-state index in [9.17, 15) is 10.1 Å². The van der Waals surface area contributed by atoms with Crippen LogP contribution >= 0.6 is 23.2 Å². The minimum Gasteiger partial charge on any atom is -0.463 e. The number of hydrogen-bond donors (Lipinski definition) is 0. The van der Waals surface area contributed by atoms with Crippen LogP contribution in [0.25, 0.3) is 0 Å². The van der Waals surface area contributed by atoms with Gasteiger partial charge in [0.1, 0.15) is 31.0 Å². The Bertz CT molecular complexity index is 3930. The zero-order valence-electron chi connectivity index (χ0n) is 53.3. The number of ether oxygens (including phenoxy) is 2. The summed E-state index contributed by atoms with van der Waals surface area (Å²) in [6.07, 6.45) is 8.27. The molecule has 2 spiro atoms. The van der Waals surface area contributed by atoms with Crippen LogP contribution in [0.4, 0.5) is 24.8 Å². The van der Waals surface area contributed by atoms with Crippen molar-refractivity contribution in [3.05, 3.63) is 126 Å². The average Bonchev–Trinajstić information content (AvgIpc) is 1.49. The highest BCUT2D eigenvalue weighted by Gasteiger charge is 2.72. The second-order valence-corrected chi connectivity index (χ2v) is 29.2. The van der Waals surface area contributed by atoms with Crippen molar-refractivity contribution in [3.8, 4) is 18.1 Å². The monoisotopic (exact) mass is 1300 g/mol. The Morgan fingerprint density at radius 1 is 0.728 bits per heavy atom. The number of carbonyl (C=O) groups excluding carboxylic acids is 1. The second kappa shape index (κ2) is 23.4. The number of rotatable bonds is 14. The van der Waals surface area contributed by atoms with Crippen molar-refractivity contribution in [1.29, 1.82) is 5.26 Å². The largest absolute Gasteiger partial charge is 0.463 e. The lowest BCUT2D eigenvalue weighted by Crippen LogP contribution is -2.53.